The molecule has 1 aliphatic rings. The second-order valence-electron chi connectivity index (χ2n) is 6.01. The first kappa shape index (κ1) is 18.3. The van der Waals surface area contributed by atoms with Gasteiger partial charge in [-0.25, -0.2) is 9.79 Å². The van der Waals surface area contributed by atoms with Gasteiger partial charge in [0.15, 0.2) is 5.84 Å². The molecule has 136 valence electrons. The second-order valence-corrected chi connectivity index (χ2v) is 6.01. The maximum Gasteiger partial charge on any atom is 0.343 e. The summed E-state index contributed by atoms with van der Waals surface area (Å²) in [4.78, 5) is 33.3. The number of hydrogen-bond acceptors (Lipinski definition) is 4. The molecule has 0 spiro atoms. The van der Waals surface area contributed by atoms with Gasteiger partial charge >= 0.3 is 5.97 Å². The number of aliphatic hydroxyl groups excluding tert-OH is 1. The molecule has 0 unspecified atom stereocenters. The number of esters is 1. The molecule has 1 N–H and O–H groups in total. The second kappa shape index (κ2) is 7.37. The fraction of sp³-hybridized carbons (Fsp3) is 0.143. The van der Waals surface area contributed by atoms with Gasteiger partial charge in [-0.15, -0.1) is 0 Å². The maximum absolute atomic E-state index is 12.6. The van der Waals surface area contributed by atoms with E-state index in [1.54, 1.807) is 36.4 Å². The highest BCUT2D eigenvalue weighted by atomic mass is 16.5. The number of aliphatic hydroxyl groups is 1. The standard InChI is InChI=1S/C21H18N2O4/c1-12-8-4-5-9-14(12)20(25)23-19-16-11-7-6-10-15(16)18(22-19)17(13(2)24)21(26)27-3/h4-11,24H,1-3H3/b17-13+,23-19?. The number of allylic oxidation sites excluding steroid dienone is 1. The molecule has 6 nitrogen and oxygen atoms in total. The topological polar surface area (TPSA) is 88.3 Å². The molecule has 0 radical (unpaired) electrons. The van der Waals surface area contributed by atoms with Crippen LogP contribution in [0, 0.1) is 6.92 Å². The molecule has 6 heteroatoms. The molecule has 0 saturated carbocycles. The summed E-state index contributed by atoms with van der Waals surface area (Å²) in [6, 6.07) is 14.2. The Bertz CT molecular complexity index is 1030. The van der Waals surface area contributed by atoms with E-state index in [2.05, 4.69) is 9.98 Å². The summed E-state index contributed by atoms with van der Waals surface area (Å²) in [5, 5.41) is 9.97. The summed E-state index contributed by atoms with van der Waals surface area (Å²) in [6.45, 7) is 3.21. The van der Waals surface area contributed by atoms with Gasteiger partial charge < -0.3 is 9.84 Å². The molecule has 2 aromatic carbocycles. The van der Waals surface area contributed by atoms with Gasteiger partial charge in [-0.3, -0.25) is 4.79 Å². The summed E-state index contributed by atoms with van der Waals surface area (Å²) in [6.07, 6.45) is 0. The molecule has 0 bridgehead atoms. The summed E-state index contributed by atoms with van der Waals surface area (Å²) in [7, 11) is 1.23. The Morgan fingerprint density at radius 1 is 1.04 bits per heavy atom. The van der Waals surface area contributed by atoms with Crippen molar-refractivity contribution in [2.75, 3.05) is 7.11 Å². The first-order valence-corrected chi connectivity index (χ1v) is 8.29. The zero-order chi connectivity index (χ0) is 19.6. The number of fused-ring (bicyclic) bond motifs is 1. The monoisotopic (exact) mass is 362 g/mol. The van der Waals surface area contributed by atoms with E-state index in [-0.39, 0.29) is 22.9 Å². The Morgan fingerprint density at radius 3 is 2.30 bits per heavy atom. The number of nitrogens with zero attached hydrogens (tertiary/aromatic N) is 2. The molecular formula is C21H18N2O4. The van der Waals surface area contributed by atoms with Crippen LogP contribution in [0.3, 0.4) is 0 Å². The molecule has 1 aliphatic heterocycles. The lowest BCUT2D eigenvalue weighted by Crippen LogP contribution is -2.16. The predicted molar refractivity (Wildman–Crippen MR) is 102 cm³/mol. The number of benzene rings is 2. The number of amidine groups is 1. The number of carbonyl (C=O) groups is 2. The van der Waals surface area contributed by atoms with Crippen LogP contribution in [0.5, 0.6) is 0 Å². The number of rotatable bonds is 3. The van der Waals surface area contributed by atoms with E-state index in [4.69, 9.17) is 4.74 Å². The summed E-state index contributed by atoms with van der Waals surface area (Å²) >= 11 is 0. The Morgan fingerprint density at radius 2 is 1.67 bits per heavy atom. The molecule has 1 heterocycles. The Kier molecular flexibility index (Phi) is 4.98. The van der Waals surface area contributed by atoms with Crippen molar-refractivity contribution < 1.29 is 19.4 Å². The van der Waals surface area contributed by atoms with E-state index in [1.165, 1.54) is 14.0 Å². The van der Waals surface area contributed by atoms with Gasteiger partial charge in [0.1, 0.15) is 11.3 Å². The number of methoxy groups -OCH3 is 1. The molecule has 0 aliphatic carbocycles. The average molecular weight is 362 g/mol. The largest absolute Gasteiger partial charge is 0.512 e. The van der Waals surface area contributed by atoms with Crippen molar-refractivity contribution in [3.8, 4) is 0 Å². The van der Waals surface area contributed by atoms with Crippen LogP contribution in [0.1, 0.15) is 34.0 Å². The van der Waals surface area contributed by atoms with E-state index >= 15 is 0 Å². The van der Waals surface area contributed by atoms with Gasteiger partial charge in [-0.1, -0.05) is 42.5 Å². The van der Waals surface area contributed by atoms with E-state index in [0.29, 0.717) is 16.7 Å². The Balaban J connectivity index is 2.14. The number of ether oxygens (including phenoxy) is 1. The van der Waals surface area contributed by atoms with Gasteiger partial charge in [0.2, 0.25) is 0 Å². The number of amides is 1. The minimum absolute atomic E-state index is 0.0570. The molecule has 2 aromatic rings. The number of aryl methyl sites for hydroxylation is 1. The van der Waals surface area contributed by atoms with Gasteiger partial charge in [0.05, 0.1) is 12.8 Å². The Labute approximate surface area is 156 Å². The lowest BCUT2D eigenvalue weighted by Gasteiger charge is -2.07. The highest BCUT2D eigenvalue weighted by Crippen LogP contribution is 2.26. The van der Waals surface area contributed by atoms with Gasteiger partial charge in [0, 0.05) is 16.7 Å². The fourth-order valence-corrected chi connectivity index (χ4v) is 2.87. The van der Waals surface area contributed by atoms with Crippen LogP contribution in [0.25, 0.3) is 0 Å². The molecule has 0 aromatic heterocycles. The summed E-state index contributed by atoms with van der Waals surface area (Å²) in [5.41, 5.74) is 2.67. The van der Waals surface area contributed by atoms with E-state index in [9.17, 15) is 14.7 Å². The van der Waals surface area contributed by atoms with Crippen LogP contribution >= 0.6 is 0 Å². The molecule has 0 fully saturated rings. The van der Waals surface area contributed by atoms with Crippen LogP contribution in [0.2, 0.25) is 0 Å². The third-order valence-corrected chi connectivity index (χ3v) is 4.21. The van der Waals surface area contributed by atoms with Crippen LogP contribution in [0.15, 0.2) is 69.8 Å². The first-order chi connectivity index (χ1) is 12.9. The third-order valence-electron chi connectivity index (χ3n) is 4.21. The molecule has 0 saturated heterocycles. The fourth-order valence-electron chi connectivity index (χ4n) is 2.87. The van der Waals surface area contributed by atoms with E-state index in [1.807, 2.05) is 19.1 Å². The van der Waals surface area contributed by atoms with Crippen molar-refractivity contribution in [1.82, 2.24) is 0 Å². The van der Waals surface area contributed by atoms with Crippen LogP contribution in [0.4, 0.5) is 0 Å². The third kappa shape index (κ3) is 3.42. The van der Waals surface area contributed by atoms with Crippen molar-refractivity contribution in [3.05, 3.63) is 82.1 Å². The Hall–Kier alpha value is -3.54. The summed E-state index contributed by atoms with van der Waals surface area (Å²) in [5.74, 6) is -1.17. The van der Waals surface area contributed by atoms with Crippen molar-refractivity contribution in [1.29, 1.82) is 0 Å². The minimum Gasteiger partial charge on any atom is -0.512 e. The zero-order valence-electron chi connectivity index (χ0n) is 15.2. The lowest BCUT2D eigenvalue weighted by atomic mass is 9.99. The van der Waals surface area contributed by atoms with Crippen molar-refractivity contribution in [2.45, 2.75) is 13.8 Å². The van der Waals surface area contributed by atoms with E-state index < -0.39 is 11.9 Å². The quantitative estimate of drug-likeness (QED) is 0.515. The molecule has 27 heavy (non-hydrogen) atoms. The van der Waals surface area contributed by atoms with Crippen LogP contribution in [-0.2, 0) is 9.53 Å². The molecule has 0 atom stereocenters. The average Bonchev–Trinajstić information content (AvgIpc) is 3.00. The van der Waals surface area contributed by atoms with Crippen molar-refractivity contribution >= 4 is 23.4 Å². The minimum atomic E-state index is -0.713. The van der Waals surface area contributed by atoms with Gasteiger partial charge in [-0.05, 0) is 25.5 Å². The van der Waals surface area contributed by atoms with E-state index in [0.717, 1.165) is 5.56 Å². The normalized spacial score (nSPS) is 15.1. The SMILES string of the molecule is COC(=O)/C(C1=NC(=NC(=O)c2ccccc2C)c2ccccc21)=C(\C)O. The van der Waals surface area contributed by atoms with Crippen molar-refractivity contribution in [3.63, 3.8) is 0 Å². The number of aliphatic imine (C=N–C) groups is 2. The number of hydrogen-bond donors (Lipinski definition) is 1. The summed E-state index contributed by atoms with van der Waals surface area (Å²) < 4.78 is 4.76. The number of carbonyl (C=O) groups excluding carboxylic acids is 2. The van der Waals surface area contributed by atoms with Crippen molar-refractivity contribution in [2.24, 2.45) is 9.98 Å². The lowest BCUT2D eigenvalue weighted by molar-refractivity contribution is -0.135. The van der Waals surface area contributed by atoms with Gasteiger partial charge in [-0.2, -0.15) is 4.99 Å². The molecule has 1 amide bonds. The smallest absolute Gasteiger partial charge is 0.343 e. The molecular weight excluding hydrogens is 344 g/mol. The first-order valence-electron chi connectivity index (χ1n) is 8.29. The zero-order valence-corrected chi connectivity index (χ0v) is 15.2. The van der Waals surface area contributed by atoms with Gasteiger partial charge in [0.25, 0.3) is 5.91 Å². The highest BCUT2D eigenvalue weighted by molar-refractivity contribution is 6.36. The van der Waals surface area contributed by atoms with Crippen LogP contribution < -0.4 is 0 Å². The predicted octanol–water partition coefficient (Wildman–Crippen LogP) is 3.39. The van der Waals surface area contributed by atoms with Crippen LogP contribution in [-0.4, -0.2) is 35.6 Å². The highest BCUT2D eigenvalue weighted by Gasteiger charge is 2.30. The maximum atomic E-state index is 12.6. The molecule has 3 rings (SSSR count).